The number of hydrogen-bond acceptors (Lipinski definition) is 8. The molecule has 2 fully saturated rings. The number of rotatable bonds is 3. The van der Waals surface area contributed by atoms with Gasteiger partial charge in [-0.2, -0.15) is 0 Å². The number of aliphatic hydroxyl groups excluding tert-OH is 1. The Labute approximate surface area is 180 Å². The summed E-state index contributed by atoms with van der Waals surface area (Å²) in [6.07, 6.45) is 2.52. The van der Waals surface area contributed by atoms with Crippen molar-refractivity contribution >= 4 is 27.4 Å². The van der Waals surface area contributed by atoms with E-state index >= 15 is 0 Å². The van der Waals surface area contributed by atoms with E-state index in [0.29, 0.717) is 17.6 Å². The Bertz CT molecular complexity index is 1080. The first-order valence-electron chi connectivity index (χ1n) is 10.5. The van der Waals surface area contributed by atoms with Crippen molar-refractivity contribution in [1.82, 2.24) is 19.9 Å². The number of aliphatic hydroxyl groups is 1. The zero-order valence-electron chi connectivity index (χ0n) is 17.8. The highest BCUT2D eigenvalue weighted by Crippen LogP contribution is 2.41. The van der Waals surface area contributed by atoms with Crippen molar-refractivity contribution in [2.24, 2.45) is 11.8 Å². The van der Waals surface area contributed by atoms with Crippen LogP contribution in [0.5, 0.6) is 5.75 Å². The van der Waals surface area contributed by atoms with E-state index in [0.717, 1.165) is 59.2 Å². The molecule has 4 heterocycles. The molecule has 1 N–H and O–H groups in total. The Morgan fingerprint density at radius 1 is 1.03 bits per heavy atom. The molecule has 7 nitrogen and oxygen atoms in total. The predicted molar refractivity (Wildman–Crippen MR) is 117 cm³/mol. The van der Waals surface area contributed by atoms with Crippen LogP contribution in [0.2, 0.25) is 0 Å². The zero-order valence-corrected chi connectivity index (χ0v) is 18.6. The summed E-state index contributed by atoms with van der Waals surface area (Å²) in [5.41, 5.74) is 3.91. The SMILES string of the molecule is Cc1nc(C)c(O[C@@H]2C[C@@H]3CN(c4ncnc5c(C)csc45)C[C@@H]3C[C@H]2O)c(C)n1. The first-order chi connectivity index (χ1) is 14.4. The zero-order chi connectivity index (χ0) is 21.0. The molecular weight excluding hydrogens is 398 g/mol. The van der Waals surface area contributed by atoms with Gasteiger partial charge in [-0.05, 0) is 63.3 Å². The van der Waals surface area contributed by atoms with Crippen molar-refractivity contribution in [1.29, 1.82) is 0 Å². The van der Waals surface area contributed by atoms with Gasteiger partial charge in [-0.15, -0.1) is 11.3 Å². The van der Waals surface area contributed by atoms with Gasteiger partial charge < -0.3 is 14.7 Å². The van der Waals surface area contributed by atoms with Crippen molar-refractivity contribution in [3.05, 3.63) is 34.5 Å². The summed E-state index contributed by atoms with van der Waals surface area (Å²) in [5.74, 6) is 3.40. The highest BCUT2D eigenvalue weighted by Gasteiger charge is 2.43. The molecule has 0 spiro atoms. The largest absolute Gasteiger partial charge is 0.484 e. The Balaban J connectivity index is 1.35. The summed E-state index contributed by atoms with van der Waals surface area (Å²) in [7, 11) is 0. The lowest BCUT2D eigenvalue weighted by Gasteiger charge is -2.35. The summed E-state index contributed by atoms with van der Waals surface area (Å²) in [4.78, 5) is 20.3. The van der Waals surface area contributed by atoms with Crippen LogP contribution in [0.15, 0.2) is 11.7 Å². The summed E-state index contributed by atoms with van der Waals surface area (Å²) in [6.45, 7) is 9.71. The Morgan fingerprint density at radius 2 is 1.73 bits per heavy atom. The molecule has 5 rings (SSSR count). The van der Waals surface area contributed by atoms with Crippen LogP contribution in [-0.2, 0) is 0 Å². The summed E-state index contributed by atoms with van der Waals surface area (Å²) >= 11 is 1.71. The van der Waals surface area contributed by atoms with Crippen molar-refractivity contribution in [3.8, 4) is 5.75 Å². The van der Waals surface area contributed by atoms with Gasteiger partial charge in [-0.1, -0.05) is 0 Å². The number of anilines is 1. The van der Waals surface area contributed by atoms with E-state index < -0.39 is 6.10 Å². The molecule has 1 aliphatic carbocycles. The van der Waals surface area contributed by atoms with Crippen LogP contribution in [0, 0.1) is 39.5 Å². The predicted octanol–water partition coefficient (Wildman–Crippen LogP) is 3.37. The minimum atomic E-state index is -0.485. The molecule has 1 saturated carbocycles. The van der Waals surface area contributed by atoms with Gasteiger partial charge in [0, 0.05) is 13.1 Å². The Kier molecular flexibility index (Phi) is 4.86. The van der Waals surface area contributed by atoms with Crippen molar-refractivity contribution in [2.45, 2.75) is 52.7 Å². The van der Waals surface area contributed by atoms with Gasteiger partial charge >= 0.3 is 0 Å². The van der Waals surface area contributed by atoms with E-state index in [1.165, 1.54) is 5.56 Å². The number of fused-ring (bicyclic) bond motifs is 2. The molecular formula is C22H27N5O2S. The van der Waals surface area contributed by atoms with Crippen LogP contribution in [-0.4, -0.2) is 50.3 Å². The lowest BCUT2D eigenvalue weighted by atomic mass is 9.78. The lowest BCUT2D eigenvalue weighted by molar-refractivity contribution is -0.0240. The van der Waals surface area contributed by atoms with Crippen molar-refractivity contribution in [3.63, 3.8) is 0 Å². The number of hydrogen-bond donors (Lipinski definition) is 1. The molecule has 3 aromatic rings. The molecule has 1 saturated heterocycles. The van der Waals surface area contributed by atoms with Gasteiger partial charge in [0.15, 0.2) is 5.75 Å². The van der Waals surface area contributed by atoms with Crippen molar-refractivity contribution < 1.29 is 9.84 Å². The molecule has 0 amide bonds. The first kappa shape index (κ1) is 19.6. The number of thiophene rings is 1. The maximum atomic E-state index is 10.8. The van der Waals surface area contributed by atoms with E-state index in [1.54, 1.807) is 17.7 Å². The number of nitrogens with zero attached hydrogens (tertiary/aromatic N) is 5. The maximum absolute atomic E-state index is 10.8. The van der Waals surface area contributed by atoms with Gasteiger partial charge in [-0.25, -0.2) is 19.9 Å². The van der Waals surface area contributed by atoms with Gasteiger partial charge in [0.2, 0.25) is 0 Å². The van der Waals surface area contributed by atoms with Gasteiger partial charge in [0.25, 0.3) is 0 Å². The molecule has 158 valence electrons. The second kappa shape index (κ2) is 7.42. The molecule has 4 atom stereocenters. The highest BCUT2D eigenvalue weighted by molar-refractivity contribution is 7.18. The molecule has 8 heteroatoms. The highest BCUT2D eigenvalue weighted by atomic mass is 32.1. The molecule has 0 aromatic carbocycles. The smallest absolute Gasteiger partial charge is 0.162 e. The van der Waals surface area contributed by atoms with Crippen LogP contribution < -0.4 is 9.64 Å². The number of ether oxygens (including phenoxy) is 1. The van der Waals surface area contributed by atoms with Gasteiger partial charge in [0.05, 0.1) is 27.7 Å². The van der Waals surface area contributed by atoms with E-state index in [2.05, 4.69) is 37.1 Å². The fourth-order valence-electron chi connectivity index (χ4n) is 5.07. The quantitative estimate of drug-likeness (QED) is 0.689. The molecule has 2 aliphatic rings. The summed E-state index contributed by atoms with van der Waals surface area (Å²) < 4.78 is 7.45. The first-order valence-corrected chi connectivity index (χ1v) is 11.4. The maximum Gasteiger partial charge on any atom is 0.162 e. The summed E-state index contributed by atoms with van der Waals surface area (Å²) in [6, 6.07) is 0. The Morgan fingerprint density at radius 3 is 2.47 bits per heavy atom. The van der Waals surface area contributed by atoms with Crippen molar-refractivity contribution in [2.75, 3.05) is 18.0 Å². The average Bonchev–Trinajstić information content (AvgIpc) is 3.28. The molecule has 0 bridgehead atoms. The van der Waals surface area contributed by atoms with Crippen LogP contribution in [0.1, 0.15) is 35.6 Å². The van der Waals surface area contributed by atoms with E-state index in [9.17, 15) is 5.11 Å². The number of aryl methyl sites for hydroxylation is 4. The third kappa shape index (κ3) is 3.32. The second-order valence-electron chi connectivity index (χ2n) is 8.68. The third-order valence-electron chi connectivity index (χ3n) is 6.48. The average molecular weight is 426 g/mol. The minimum absolute atomic E-state index is 0.232. The van der Waals surface area contributed by atoms with Gasteiger partial charge in [0.1, 0.15) is 24.1 Å². The molecule has 30 heavy (non-hydrogen) atoms. The Hall–Kier alpha value is -2.32. The van der Waals surface area contributed by atoms with E-state index in [-0.39, 0.29) is 6.10 Å². The van der Waals surface area contributed by atoms with Gasteiger partial charge in [-0.3, -0.25) is 0 Å². The van der Waals surface area contributed by atoms with Crippen LogP contribution in [0.25, 0.3) is 10.2 Å². The third-order valence-corrected chi connectivity index (χ3v) is 7.57. The summed E-state index contributed by atoms with van der Waals surface area (Å²) in [5, 5.41) is 13.0. The van der Waals surface area contributed by atoms with Crippen LogP contribution in [0.3, 0.4) is 0 Å². The van der Waals surface area contributed by atoms with E-state index in [4.69, 9.17) is 4.74 Å². The molecule has 0 radical (unpaired) electrons. The van der Waals surface area contributed by atoms with Crippen LogP contribution in [0.4, 0.5) is 5.82 Å². The molecule has 0 unspecified atom stereocenters. The molecule has 3 aromatic heterocycles. The topological polar surface area (TPSA) is 84.3 Å². The van der Waals surface area contributed by atoms with Crippen LogP contribution >= 0.6 is 11.3 Å². The lowest BCUT2D eigenvalue weighted by Crippen LogP contribution is -2.42. The fraction of sp³-hybridized carbons (Fsp3) is 0.545. The number of aromatic nitrogens is 4. The second-order valence-corrected chi connectivity index (χ2v) is 9.56. The normalized spacial score (nSPS) is 26.2. The van der Waals surface area contributed by atoms with E-state index in [1.807, 2.05) is 20.8 Å². The minimum Gasteiger partial charge on any atom is -0.484 e. The monoisotopic (exact) mass is 425 g/mol. The fourth-order valence-corrected chi connectivity index (χ4v) is 6.09. The molecule has 1 aliphatic heterocycles. The standard InChI is InChI=1S/C22H27N5O2S/c1-11-9-30-21-19(11)23-10-24-22(21)27-7-15-5-17(28)18(6-16(15)8-27)29-20-12(2)25-14(4)26-13(20)3/h9-10,15-18,28H,5-8H2,1-4H3/t15-,16+,17+,18+/m0/s1.